The van der Waals surface area contributed by atoms with Crippen LogP contribution in [0.5, 0.6) is 0 Å². The first kappa shape index (κ1) is 13.9. The molecule has 1 N–H and O–H groups in total. The van der Waals surface area contributed by atoms with Gasteiger partial charge in [-0.2, -0.15) is 0 Å². The molecule has 0 amide bonds. The molecule has 0 spiro atoms. The van der Waals surface area contributed by atoms with Gasteiger partial charge in [0, 0.05) is 32.4 Å². The van der Waals surface area contributed by atoms with Crippen LogP contribution in [0.2, 0.25) is 0 Å². The monoisotopic (exact) mass is 273 g/mol. The predicted molar refractivity (Wildman–Crippen MR) is 85.3 cm³/mol. The van der Waals surface area contributed by atoms with Gasteiger partial charge in [0.15, 0.2) is 0 Å². The number of rotatable bonds is 4. The van der Waals surface area contributed by atoms with E-state index in [-0.39, 0.29) is 0 Å². The van der Waals surface area contributed by atoms with Gasteiger partial charge in [-0.15, -0.1) is 0 Å². The number of nitrogens with zero attached hydrogens (tertiary/aromatic N) is 2. The van der Waals surface area contributed by atoms with Crippen molar-refractivity contribution in [2.45, 2.75) is 25.8 Å². The first-order chi connectivity index (χ1) is 9.72. The summed E-state index contributed by atoms with van der Waals surface area (Å²) in [7, 11) is 4.42. The second-order valence-electron chi connectivity index (χ2n) is 6.54. The molecule has 2 heterocycles. The average Bonchev–Trinajstić information content (AvgIpc) is 2.85. The molecule has 20 heavy (non-hydrogen) atoms. The van der Waals surface area contributed by atoms with E-state index >= 15 is 0 Å². The molecule has 110 valence electrons. The highest BCUT2D eigenvalue weighted by Gasteiger charge is 2.18. The van der Waals surface area contributed by atoms with Crippen LogP contribution in [0.1, 0.15) is 24.0 Å². The molecule has 0 aliphatic carbocycles. The standard InChI is InChI=1S/C17H27N3/c1-19-9-7-15(13-19)12-18-11-14-5-6-17-16(10-14)4-3-8-20(17)2/h5-6,10,15,18H,3-4,7-9,11-13H2,1-2H3. The van der Waals surface area contributed by atoms with Crippen LogP contribution in [-0.4, -0.2) is 45.2 Å². The van der Waals surface area contributed by atoms with Crippen LogP contribution in [0, 0.1) is 5.92 Å². The molecule has 1 fully saturated rings. The molecule has 0 bridgehead atoms. The van der Waals surface area contributed by atoms with E-state index in [1.165, 1.54) is 55.7 Å². The van der Waals surface area contributed by atoms with Crippen LogP contribution < -0.4 is 10.2 Å². The summed E-state index contributed by atoms with van der Waals surface area (Å²) in [6.45, 7) is 5.87. The van der Waals surface area contributed by atoms with Gasteiger partial charge in [-0.25, -0.2) is 0 Å². The van der Waals surface area contributed by atoms with Crippen LogP contribution in [-0.2, 0) is 13.0 Å². The Bertz CT molecular complexity index is 458. The molecule has 3 rings (SSSR count). The number of hydrogen-bond donors (Lipinski definition) is 1. The first-order valence-corrected chi connectivity index (χ1v) is 7.94. The van der Waals surface area contributed by atoms with Crippen LogP contribution in [0.3, 0.4) is 0 Å². The zero-order valence-corrected chi connectivity index (χ0v) is 12.9. The minimum atomic E-state index is 0.837. The van der Waals surface area contributed by atoms with Gasteiger partial charge in [0.2, 0.25) is 0 Å². The van der Waals surface area contributed by atoms with E-state index in [1.54, 1.807) is 0 Å². The molecule has 1 atom stereocenters. The molecule has 2 aliphatic rings. The average molecular weight is 273 g/mol. The minimum Gasteiger partial charge on any atom is -0.374 e. The number of nitrogens with one attached hydrogen (secondary N) is 1. The fourth-order valence-corrected chi connectivity index (χ4v) is 3.56. The molecule has 0 radical (unpaired) electrons. The van der Waals surface area contributed by atoms with Crippen molar-refractivity contribution < 1.29 is 0 Å². The van der Waals surface area contributed by atoms with Gasteiger partial charge in [0.1, 0.15) is 0 Å². The molecule has 3 nitrogen and oxygen atoms in total. The van der Waals surface area contributed by atoms with Crippen LogP contribution >= 0.6 is 0 Å². The zero-order valence-electron chi connectivity index (χ0n) is 12.9. The first-order valence-electron chi connectivity index (χ1n) is 7.94. The normalized spacial score (nSPS) is 23.1. The highest BCUT2D eigenvalue weighted by atomic mass is 15.1. The van der Waals surface area contributed by atoms with E-state index < -0.39 is 0 Å². The molecule has 1 unspecified atom stereocenters. The molecule has 2 aliphatic heterocycles. The van der Waals surface area contributed by atoms with E-state index in [0.717, 1.165) is 19.0 Å². The molecule has 1 aromatic rings. The van der Waals surface area contributed by atoms with E-state index in [2.05, 4.69) is 47.4 Å². The third-order valence-electron chi connectivity index (χ3n) is 4.75. The molecule has 1 saturated heterocycles. The predicted octanol–water partition coefficient (Wildman–Crippen LogP) is 2.11. The van der Waals surface area contributed by atoms with Gasteiger partial charge in [0.25, 0.3) is 0 Å². The van der Waals surface area contributed by atoms with Gasteiger partial charge >= 0.3 is 0 Å². The molecular formula is C17H27N3. The maximum atomic E-state index is 3.64. The summed E-state index contributed by atoms with van der Waals surface area (Å²) >= 11 is 0. The lowest BCUT2D eigenvalue weighted by molar-refractivity contribution is 0.388. The largest absolute Gasteiger partial charge is 0.374 e. The molecule has 1 aromatic carbocycles. The molecular weight excluding hydrogens is 246 g/mol. The lowest BCUT2D eigenvalue weighted by Crippen LogP contribution is -2.26. The Morgan fingerprint density at radius 2 is 2.15 bits per heavy atom. The molecule has 0 saturated carbocycles. The lowest BCUT2D eigenvalue weighted by Gasteiger charge is -2.28. The molecule has 3 heteroatoms. The highest BCUT2D eigenvalue weighted by molar-refractivity contribution is 5.56. The fraction of sp³-hybridized carbons (Fsp3) is 0.647. The van der Waals surface area contributed by atoms with Gasteiger partial charge in [-0.1, -0.05) is 12.1 Å². The summed E-state index contributed by atoms with van der Waals surface area (Å²) in [6.07, 6.45) is 3.87. The van der Waals surface area contributed by atoms with Crippen LogP contribution in [0.15, 0.2) is 18.2 Å². The van der Waals surface area contributed by atoms with Crippen molar-refractivity contribution in [1.82, 2.24) is 10.2 Å². The third-order valence-corrected chi connectivity index (χ3v) is 4.75. The molecule has 0 aromatic heterocycles. The number of aryl methyl sites for hydroxylation is 1. The fourth-order valence-electron chi connectivity index (χ4n) is 3.56. The highest BCUT2D eigenvalue weighted by Crippen LogP contribution is 2.26. The number of hydrogen-bond acceptors (Lipinski definition) is 3. The Balaban J connectivity index is 1.53. The zero-order chi connectivity index (χ0) is 13.9. The maximum absolute atomic E-state index is 3.64. The smallest absolute Gasteiger partial charge is 0.0396 e. The summed E-state index contributed by atoms with van der Waals surface area (Å²) in [5.41, 5.74) is 4.39. The Labute approximate surface area is 123 Å². The van der Waals surface area contributed by atoms with Gasteiger partial charge in [-0.3, -0.25) is 0 Å². The number of anilines is 1. The summed E-state index contributed by atoms with van der Waals surface area (Å²) in [5.74, 6) is 0.837. The number of benzene rings is 1. The van der Waals surface area contributed by atoms with E-state index in [1.807, 2.05) is 0 Å². The van der Waals surface area contributed by atoms with Crippen LogP contribution in [0.25, 0.3) is 0 Å². The summed E-state index contributed by atoms with van der Waals surface area (Å²) in [5, 5.41) is 3.64. The second-order valence-corrected chi connectivity index (χ2v) is 6.54. The van der Waals surface area contributed by atoms with Crippen molar-refractivity contribution in [1.29, 1.82) is 0 Å². The Hall–Kier alpha value is -1.06. The number of likely N-dealkylation sites (tertiary alicyclic amines) is 1. The van der Waals surface area contributed by atoms with Crippen LogP contribution in [0.4, 0.5) is 5.69 Å². The van der Waals surface area contributed by atoms with Crippen molar-refractivity contribution in [3.05, 3.63) is 29.3 Å². The summed E-state index contributed by atoms with van der Waals surface area (Å²) < 4.78 is 0. The number of fused-ring (bicyclic) bond motifs is 1. The van der Waals surface area contributed by atoms with E-state index in [9.17, 15) is 0 Å². The SMILES string of the molecule is CN1CCC(CNCc2ccc3c(c2)CCCN3C)C1. The van der Waals surface area contributed by atoms with Gasteiger partial charge < -0.3 is 15.1 Å². The Morgan fingerprint density at radius 1 is 1.25 bits per heavy atom. The van der Waals surface area contributed by atoms with Crippen molar-refractivity contribution >= 4 is 5.69 Å². The minimum absolute atomic E-state index is 0.837. The summed E-state index contributed by atoms with van der Waals surface area (Å²) in [4.78, 5) is 4.81. The third kappa shape index (κ3) is 3.15. The van der Waals surface area contributed by atoms with Gasteiger partial charge in [-0.05, 0) is 62.5 Å². The topological polar surface area (TPSA) is 18.5 Å². The second kappa shape index (κ2) is 6.15. The van der Waals surface area contributed by atoms with Crippen molar-refractivity contribution in [2.24, 2.45) is 5.92 Å². The van der Waals surface area contributed by atoms with Gasteiger partial charge in [0.05, 0.1) is 0 Å². The van der Waals surface area contributed by atoms with Crippen molar-refractivity contribution in [3.63, 3.8) is 0 Å². The van der Waals surface area contributed by atoms with E-state index in [0.29, 0.717) is 0 Å². The summed E-state index contributed by atoms with van der Waals surface area (Å²) in [6, 6.07) is 6.99. The Kier molecular flexibility index (Phi) is 4.27. The quantitative estimate of drug-likeness (QED) is 0.906. The maximum Gasteiger partial charge on any atom is 0.0396 e. The lowest BCUT2D eigenvalue weighted by atomic mass is 9.99. The van der Waals surface area contributed by atoms with Crippen molar-refractivity contribution in [2.75, 3.05) is 45.2 Å². The van der Waals surface area contributed by atoms with E-state index in [4.69, 9.17) is 0 Å². The Morgan fingerprint density at radius 3 is 2.95 bits per heavy atom. The van der Waals surface area contributed by atoms with Crippen molar-refractivity contribution in [3.8, 4) is 0 Å².